The number of phenols is 1. The molecule has 1 N–H and O–H groups in total. The number of phenolic OH excluding ortho intramolecular Hbond substituents is 1. The van der Waals surface area contributed by atoms with Crippen LogP contribution in [0.15, 0.2) is 36.4 Å². The number of likely N-dealkylation sites (tertiary alicyclic amines) is 1. The third kappa shape index (κ3) is 5.32. The van der Waals surface area contributed by atoms with Crippen molar-refractivity contribution in [1.82, 2.24) is 4.90 Å². The first-order chi connectivity index (χ1) is 11.7. The van der Waals surface area contributed by atoms with E-state index in [9.17, 15) is 9.90 Å². The van der Waals surface area contributed by atoms with Gasteiger partial charge in [-0.15, -0.1) is 0 Å². The van der Waals surface area contributed by atoms with E-state index in [-0.39, 0.29) is 5.92 Å². The van der Waals surface area contributed by atoms with Gasteiger partial charge in [0.2, 0.25) is 0 Å². The van der Waals surface area contributed by atoms with Crippen molar-refractivity contribution in [2.24, 2.45) is 5.92 Å². The zero-order valence-corrected chi connectivity index (χ0v) is 14.6. The second-order valence-corrected chi connectivity index (χ2v) is 6.19. The summed E-state index contributed by atoms with van der Waals surface area (Å²) in [5.41, 5.74) is 1.28. The van der Waals surface area contributed by atoms with Gasteiger partial charge in [0.25, 0.3) is 0 Å². The average Bonchev–Trinajstić information content (AvgIpc) is 2.63. The molecule has 4 nitrogen and oxygen atoms in total. The summed E-state index contributed by atoms with van der Waals surface area (Å²) in [5.74, 6) is 0.562. The molecule has 0 saturated carbocycles. The maximum Gasteiger partial charge on any atom is 0.123 e. The van der Waals surface area contributed by atoms with Gasteiger partial charge in [0.05, 0.1) is 0 Å². The predicted octanol–water partition coefficient (Wildman–Crippen LogP) is 3.61. The number of piperidine rings is 1. The van der Waals surface area contributed by atoms with E-state index in [1.165, 1.54) is 5.56 Å². The normalized spacial score (nSPS) is 15.8. The Morgan fingerprint density at radius 2 is 1.79 bits per heavy atom. The number of ether oxygens (including phenoxy) is 1. The van der Waals surface area contributed by atoms with Crippen LogP contribution in [-0.2, 0) is 16.1 Å². The number of benzene rings is 2. The molecule has 1 saturated heterocycles. The van der Waals surface area contributed by atoms with Crippen molar-refractivity contribution in [3.8, 4) is 5.75 Å². The smallest absolute Gasteiger partial charge is 0.123 e. The average molecular weight is 329 g/mol. The maximum atomic E-state index is 10.8. The molecule has 1 fully saturated rings. The maximum absolute atomic E-state index is 10.8. The van der Waals surface area contributed by atoms with Crippen LogP contribution in [0.5, 0.6) is 5.75 Å². The second kappa shape index (κ2) is 9.40. The fraction of sp³-hybridized carbons (Fsp3) is 0.450. The molecule has 24 heavy (non-hydrogen) atoms. The quantitative estimate of drug-likeness (QED) is 0.871. The summed E-state index contributed by atoms with van der Waals surface area (Å²) in [6.45, 7) is 5.70. The fourth-order valence-electron chi connectivity index (χ4n) is 2.89. The molecule has 130 valence electrons. The van der Waals surface area contributed by atoms with Gasteiger partial charge in [-0.25, -0.2) is 0 Å². The molecule has 0 radical (unpaired) electrons. The molecule has 0 aliphatic carbocycles. The van der Waals surface area contributed by atoms with E-state index in [1.807, 2.05) is 13.0 Å². The highest BCUT2D eigenvalue weighted by atomic mass is 16.5. The molecule has 0 spiro atoms. The van der Waals surface area contributed by atoms with E-state index in [4.69, 9.17) is 0 Å². The lowest BCUT2D eigenvalue weighted by atomic mass is 9.98. The van der Waals surface area contributed by atoms with Crippen LogP contribution >= 0.6 is 0 Å². The summed E-state index contributed by atoms with van der Waals surface area (Å²) in [5, 5.41) is 11.7. The van der Waals surface area contributed by atoms with Crippen LogP contribution in [0.2, 0.25) is 0 Å². The molecule has 0 aromatic heterocycles. The summed E-state index contributed by atoms with van der Waals surface area (Å²) in [4.78, 5) is 13.2. The third-order valence-corrected chi connectivity index (χ3v) is 4.41. The number of nitrogens with zero attached hydrogens (tertiary/aromatic N) is 1. The van der Waals surface area contributed by atoms with Crippen LogP contribution in [0.1, 0.15) is 25.3 Å². The topological polar surface area (TPSA) is 49.8 Å². The van der Waals surface area contributed by atoms with Gasteiger partial charge in [-0.1, -0.05) is 18.2 Å². The van der Waals surface area contributed by atoms with E-state index < -0.39 is 0 Å². The Hall–Kier alpha value is -1.91. The molecule has 0 atom stereocenters. The largest absolute Gasteiger partial charge is 0.508 e. The van der Waals surface area contributed by atoms with Crippen molar-refractivity contribution in [3.63, 3.8) is 0 Å². The molecule has 2 aromatic rings. The van der Waals surface area contributed by atoms with Gasteiger partial charge < -0.3 is 14.6 Å². The molecule has 1 heterocycles. The highest BCUT2D eigenvalue weighted by molar-refractivity contribution is 5.84. The van der Waals surface area contributed by atoms with Gasteiger partial charge >= 0.3 is 0 Å². The Bertz CT molecular complexity index is 646. The first kappa shape index (κ1) is 18.4. The van der Waals surface area contributed by atoms with Gasteiger partial charge in [-0.3, -0.25) is 4.90 Å². The van der Waals surface area contributed by atoms with E-state index in [0.717, 1.165) is 56.1 Å². The Labute approximate surface area is 144 Å². The SMILES string of the molecule is CCOC.O=CC1CCN(Cc2ccc3cc(O)ccc3c2)CC1. The number of carbonyl (C=O) groups excluding carboxylic acids is 1. The Kier molecular flexibility index (Phi) is 7.22. The zero-order valence-electron chi connectivity index (χ0n) is 14.6. The van der Waals surface area contributed by atoms with E-state index in [0.29, 0.717) is 5.75 Å². The van der Waals surface area contributed by atoms with Crippen LogP contribution in [0.3, 0.4) is 0 Å². The van der Waals surface area contributed by atoms with E-state index in [1.54, 1.807) is 19.2 Å². The van der Waals surface area contributed by atoms with Gasteiger partial charge in [0.1, 0.15) is 12.0 Å². The van der Waals surface area contributed by atoms with Crippen LogP contribution in [-0.4, -0.2) is 43.1 Å². The Balaban J connectivity index is 0.000000471. The molecule has 0 unspecified atom stereocenters. The first-order valence-electron chi connectivity index (χ1n) is 8.54. The number of carbonyl (C=O) groups is 1. The number of fused-ring (bicyclic) bond motifs is 1. The van der Waals surface area contributed by atoms with Gasteiger partial charge in [0.15, 0.2) is 0 Å². The van der Waals surface area contributed by atoms with E-state index >= 15 is 0 Å². The third-order valence-electron chi connectivity index (χ3n) is 4.41. The molecule has 0 bridgehead atoms. The van der Waals surface area contributed by atoms with Crippen molar-refractivity contribution in [3.05, 3.63) is 42.0 Å². The second-order valence-electron chi connectivity index (χ2n) is 6.19. The van der Waals surface area contributed by atoms with Crippen LogP contribution < -0.4 is 0 Å². The molecule has 1 aliphatic rings. The van der Waals surface area contributed by atoms with Crippen molar-refractivity contribution in [1.29, 1.82) is 0 Å². The molecule has 4 heteroatoms. The minimum atomic E-state index is 0.255. The molecular formula is C20H27NO3. The number of hydrogen-bond donors (Lipinski definition) is 1. The summed E-state index contributed by atoms with van der Waals surface area (Å²) in [6.07, 6.45) is 3.05. The number of aromatic hydroxyl groups is 1. The van der Waals surface area contributed by atoms with Gasteiger partial charge in [0, 0.05) is 26.2 Å². The molecular weight excluding hydrogens is 302 g/mol. The highest BCUT2D eigenvalue weighted by Gasteiger charge is 2.18. The van der Waals surface area contributed by atoms with Crippen molar-refractivity contribution in [2.45, 2.75) is 26.3 Å². The first-order valence-corrected chi connectivity index (χ1v) is 8.54. The van der Waals surface area contributed by atoms with Crippen molar-refractivity contribution < 1.29 is 14.6 Å². The summed E-state index contributed by atoms with van der Waals surface area (Å²) in [7, 11) is 1.68. The summed E-state index contributed by atoms with van der Waals surface area (Å²) in [6, 6.07) is 11.8. The minimum absolute atomic E-state index is 0.255. The Morgan fingerprint density at radius 1 is 1.17 bits per heavy atom. The van der Waals surface area contributed by atoms with Crippen LogP contribution in [0, 0.1) is 5.92 Å². The lowest BCUT2D eigenvalue weighted by Gasteiger charge is -2.29. The standard InChI is InChI=1S/C17H19NO2.C3H8O/c19-12-13-5-7-18(8-6-13)11-14-1-2-16-10-17(20)4-3-15(16)9-14;1-3-4-2/h1-4,9-10,12-13,20H,5-8,11H2;3H2,1-2H3. The van der Waals surface area contributed by atoms with Crippen molar-refractivity contribution in [2.75, 3.05) is 26.8 Å². The van der Waals surface area contributed by atoms with Gasteiger partial charge in [-0.05, 0) is 67.4 Å². The van der Waals surface area contributed by atoms with Crippen molar-refractivity contribution >= 4 is 17.1 Å². The molecule has 1 aliphatic heterocycles. The fourth-order valence-corrected chi connectivity index (χ4v) is 2.89. The number of rotatable bonds is 4. The lowest BCUT2D eigenvalue weighted by Crippen LogP contribution is -2.33. The number of aldehydes is 1. The molecule has 3 rings (SSSR count). The zero-order chi connectivity index (χ0) is 17.4. The molecule has 2 aromatic carbocycles. The lowest BCUT2D eigenvalue weighted by molar-refractivity contribution is -0.112. The number of methoxy groups -OCH3 is 1. The van der Waals surface area contributed by atoms with Crippen LogP contribution in [0.25, 0.3) is 10.8 Å². The van der Waals surface area contributed by atoms with Crippen LogP contribution in [0.4, 0.5) is 0 Å². The van der Waals surface area contributed by atoms with E-state index in [2.05, 4.69) is 27.8 Å². The Morgan fingerprint density at radius 3 is 2.42 bits per heavy atom. The molecule has 0 amide bonds. The minimum Gasteiger partial charge on any atom is -0.508 e. The predicted molar refractivity (Wildman–Crippen MR) is 97.2 cm³/mol. The van der Waals surface area contributed by atoms with Gasteiger partial charge in [-0.2, -0.15) is 0 Å². The number of hydrogen-bond acceptors (Lipinski definition) is 4. The summed E-state index contributed by atoms with van der Waals surface area (Å²) < 4.78 is 4.54. The summed E-state index contributed by atoms with van der Waals surface area (Å²) >= 11 is 0. The monoisotopic (exact) mass is 329 g/mol. The highest BCUT2D eigenvalue weighted by Crippen LogP contribution is 2.23.